The van der Waals surface area contributed by atoms with Gasteiger partial charge in [-0.1, -0.05) is 6.92 Å². The quantitative estimate of drug-likeness (QED) is 0.610. The van der Waals surface area contributed by atoms with Crippen LogP contribution in [0.1, 0.15) is 19.8 Å². The fourth-order valence-electron chi connectivity index (χ4n) is 1.34. The third kappa shape index (κ3) is 2.44. The molecule has 0 radical (unpaired) electrons. The number of piperazine rings is 1. The number of hydrogen-bond donors (Lipinski definition) is 0. The Morgan fingerprint density at radius 3 is 2.69 bits per heavy atom. The second-order valence-corrected chi connectivity index (χ2v) is 3.38. The summed E-state index contributed by atoms with van der Waals surface area (Å²) in [5, 5.41) is 0. The van der Waals surface area contributed by atoms with E-state index in [2.05, 4.69) is 0 Å². The molecular weight excluding hydrogens is 168 g/mol. The van der Waals surface area contributed by atoms with Crippen molar-refractivity contribution in [3.05, 3.63) is 0 Å². The molecule has 4 heteroatoms. The first-order valence-electron chi connectivity index (χ1n) is 4.67. The molecule has 0 saturated carbocycles. The van der Waals surface area contributed by atoms with Gasteiger partial charge >= 0.3 is 0 Å². The number of hydrogen-bond acceptors (Lipinski definition) is 2. The molecule has 13 heavy (non-hydrogen) atoms. The molecule has 0 aromatic rings. The van der Waals surface area contributed by atoms with Crippen LogP contribution in [-0.4, -0.2) is 48.3 Å². The zero-order valence-electron chi connectivity index (χ0n) is 8.25. The Kier molecular flexibility index (Phi) is 3.28. The Bertz CT molecular complexity index is 216. The number of amides is 2. The Morgan fingerprint density at radius 1 is 1.46 bits per heavy atom. The summed E-state index contributed by atoms with van der Waals surface area (Å²) in [5.41, 5.74) is 0. The van der Waals surface area contributed by atoms with Gasteiger partial charge in [-0.3, -0.25) is 9.59 Å². The van der Waals surface area contributed by atoms with Gasteiger partial charge in [-0.25, -0.2) is 0 Å². The summed E-state index contributed by atoms with van der Waals surface area (Å²) < 4.78 is 0. The van der Waals surface area contributed by atoms with E-state index in [4.69, 9.17) is 0 Å². The molecule has 1 aliphatic rings. The van der Waals surface area contributed by atoms with Crippen molar-refractivity contribution in [1.29, 1.82) is 0 Å². The summed E-state index contributed by atoms with van der Waals surface area (Å²) >= 11 is 0. The second-order valence-electron chi connectivity index (χ2n) is 3.38. The van der Waals surface area contributed by atoms with Crippen LogP contribution in [0.25, 0.3) is 0 Å². The minimum atomic E-state index is 0.0377. The van der Waals surface area contributed by atoms with Gasteiger partial charge in [0.1, 0.15) is 0 Å². The number of carbonyl (C=O) groups is 2. The van der Waals surface area contributed by atoms with Crippen molar-refractivity contribution in [3.8, 4) is 0 Å². The van der Waals surface area contributed by atoms with E-state index in [0.29, 0.717) is 19.5 Å². The van der Waals surface area contributed by atoms with Crippen LogP contribution in [-0.2, 0) is 9.59 Å². The highest BCUT2D eigenvalue weighted by Gasteiger charge is 2.23. The molecule has 4 nitrogen and oxygen atoms in total. The van der Waals surface area contributed by atoms with Crippen LogP contribution >= 0.6 is 0 Å². The van der Waals surface area contributed by atoms with E-state index in [-0.39, 0.29) is 18.4 Å². The first-order valence-corrected chi connectivity index (χ1v) is 4.67. The maximum atomic E-state index is 11.4. The van der Waals surface area contributed by atoms with Gasteiger partial charge in [-0.2, -0.15) is 0 Å². The average Bonchev–Trinajstić information content (AvgIpc) is 2.10. The molecule has 0 aromatic heterocycles. The highest BCUT2D eigenvalue weighted by molar-refractivity contribution is 5.85. The summed E-state index contributed by atoms with van der Waals surface area (Å²) in [6.45, 7) is 3.57. The van der Waals surface area contributed by atoms with Crippen LogP contribution < -0.4 is 0 Å². The van der Waals surface area contributed by atoms with E-state index in [9.17, 15) is 9.59 Å². The van der Waals surface area contributed by atoms with Crippen LogP contribution in [0.2, 0.25) is 0 Å². The monoisotopic (exact) mass is 184 g/mol. The Hall–Kier alpha value is -1.06. The third-order valence-corrected chi connectivity index (χ3v) is 2.27. The SMILES string of the molecule is CCCC(=O)N1CCN(C)C(=O)C1. The molecule has 0 aromatic carbocycles. The number of likely N-dealkylation sites (N-methyl/N-ethyl adjacent to an activating group) is 1. The minimum absolute atomic E-state index is 0.0377. The number of nitrogens with zero attached hydrogens (tertiary/aromatic N) is 2. The van der Waals surface area contributed by atoms with Gasteiger partial charge in [0.25, 0.3) is 0 Å². The predicted molar refractivity (Wildman–Crippen MR) is 49.1 cm³/mol. The van der Waals surface area contributed by atoms with E-state index >= 15 is 0 Å². The predicted octanol–water partition coefficient (Wildman–Crippen LogP) is 0.0871. The highest BCUT2D eigenvalue weighted by Crippen LogP contribution is 2.04. The molecule has 0 unspecified atom stereocenters. The van der Waals surface area contributed by atoms with Gasteiger partial charge in [0.15, 0.2) is 0 Å². The summed E-state index contributed by atoms with van der Waals surface area (Å²) in [6.07, 6.45) is 1.40. The van der Waals surface area contributed by atoms with Crippen molar-refractivity contribution in [1.82, 2.24) is 9.80 Å². The molecule has 0 atom stereocenters. The van der Waals surface area contributed by atoms with E-state index in [1.807, 2.05) is 6.92 Å². The topological polar surface area (TPSA) is 40.6 Å². The molecule has 0 N–H and O–H groups in total. The fraction of sp³-hybridized carbons (Fsp3) is 0.778. The Labute approximate surface area is 78.5 Å². The summed E-state index contributed by atoms with van der Waals surface area (Å²) in [7, 11) is 1.77. The normalized spacial score (nSPS) is 17.8. The first kappa shape index (κ1) is 10.0. The van der Waals surface area contributed by atoms with Crippen LogP contribution in [0.5, 0.6) is 0 Å². The highest BCUT2D eigenvalue weighted by atomic mass is 16.2. The van der Waals surface area contributed by atoms with Crippen LogP contribution in [0, 0.1) is 0 Å². The minimum Gasteiger partial charge on any atom is -0.342 e. The third-order valence-electron chi connectivity index (χ3n) is 2.27. The summed E-state index contributed by atoms with van der Waals surface area (Å²) in [4.78, 5) is 26.0. The van der Waals surface area contributed by atoms with Crippen molar-refractivity contribution < 1.29 is 9.59 Å². The van der Waals surface area contributed by atoms with Gasteiger partial charge < -0.3 is 9.80 Å². The van der Waals surface area contributed by atoms with Crippen molar-refractivity contribution in [2.24, 2.45) is 0 Å². The lowest BCUT2D eigenvalue weighted by molar-refractivity contribution is -0.144. The van der Waals surface area contributed by atoms with Crippen molar-refractivity contribution in [2.45, 2.75) is 19.8 Å². The molecule has 74 valence electrons. The van der Waals surface area contributed by atoms with Crippen molar-refractivity contribution >= 4 is 11.8 Å². The largest absolute Gasteiger partial charge is 0.342 e. The first-order chi connectivity index (χ1) is 6.15. The second kappa shape index (κ2) is 4.25. The molecule has 1 aliphatic heterocycles. The maximum Gasteiger partial charge on any atom is 0.241 e. The molecule has 1 heterocycles. The number of rotatable bonds is 2. The van der Waals surface area contributed by atoms with Gasteiger partial charge in [-0.05, 0) is 6.42 Å². The van der Waals surface area contributed by atoms with Crippen LogP contribution in [0.15, 0.2) is 0 Å². The smallest absolute Gasteiger partial charge is 0.241 e. The maximum absolute atomic E-state index is 11.4. The Morgan fingerprint density at radius 2 is 2.15 bits per heavy atom. The van der Waals surface area contributed by atoms with E-state index in [1.165, 1.54) is 0 Å². The molecule has 1 rings (SSSR count). The standard InChI is InChI=1S/C9H16N2O2/c1-3-4-8(12)11-6-5-10(2)9(13)7-11/h3-7H2,1-2H3. The lowest BCUT2D eigenvalue weighted by Crippen LogP contribution is -2.50. The lowest BCUT2D eigenvalue weighted by Gasteiger charge is -2.31. The molecule has 0 aliphatic carbocycles. The zero-order chi connectivity index (χ0) is 9.84. The molecule has 1 fully saturated rings. The molecule has 2 amide bonds. The molecule has 0 bridgehead atoms. The van der Waals surface area contributed by atoms with Crippen molar-refractivity contribution in [3.63, 3.8) is 0 Å². The summed E-state index contributed by atoms with van der Waals surface area (Å²) in [5.74, 6) is 0.139. The van der Waals surface area contributed by atoms with Gasteiger partial charge in [0.2, 0.25) is 11.8 Å². The zero-order valence-corrected chi connectivity index (χ0v) is 8.25. The van der Waals surface area contributed by atoms with Gasteiger partial charge in [-0.15, -0.1) is 0 Å². The van der Waals surface area contributed by atoms with E-state index < -0.39 is 0 Å². The Balaban J connectivity index is 2.45. The molecule has 1 saturated heterocycles. The van der Waals surface area contributed by atoms with Gasteiger partial charge in [0, 0.05) is 26.6 Å². The van der Waals surface area contributed by atoms with Crippen LogP contribution in [0.4, 0.5) is 0 Å². The van der Waals surface area contributed by atoms with E-state index in [1.54, 1.807) is 16.8 Å². The lowest BCUT2D eigenvalue weighted by atomic mass is 10.2. The van der Waals surface area contributed by atoms with Crippen LogP contribution in [0.3, 0.4) is 0 Å². The summed E-state index contributed by atoms with van der Waals surface area (Å²) in [6, 6.07) is 0. The average molecular weight is 184 g/mol. The van der Waals surface area contributed by atoms with Crippen molar-refractivity contribution in [2.75, 3.05) is 26.7 Å². The van der Waals surface area contributed by atoms with E-state index in [0.717, 1.165) is 6.42 Å². The fourth-order valence-corrected chi connectivity index (χ4v) is 1.34. The molecule has 0 spiro atoms. The van der Waals surface area contributed by atoms with Gasteiger partial charge in [0.05, 0.1) is 6.54 Å². The number of carbonyl (C=O) groups excluding carboxylic acids is 2. The molecular formula is C9H16N2O2.